The number of ketones is 1. The molecule has 3 heteroatoms. The fraction of sp³-hybridized carbons (Fsp3) is 0.412. The molecule has 0 saturated heterocycles. The first-order chi connectivity index (χ1) is 9.44. The number of allylic oxidation sites excluding steroid dienone is 2. The molecule has 1 aliphatic carbocycles. The zero-order valence-electron chi connectivity index (χ0n) is 12.3. The monoisotopic (exact) mass is 268 g/mol. The van der Waals surface area contributed by atoms with Crippen LogP contribution in [0, 0.1) is 5.41 Å². The molecule has 0 saturated carbocycles. The summed E-state index contributed by atoms with van der Waals surface area (Å²) in [6, 6.07) is 8.14. The number of aromatic nitrogens is 2. The van der Waals surface area contributed by atoms with Crippen molar-refractivity contribution in [3.8, 4) is 0 Å². The molecule has 1 heterocycles. The van der Waals surface area contributed by atoms with E-state index in [1.165, 1.54) is 5.57 Å². The first-order valence-electron chi connectivity index (χ1n) is 7.07. The molecule has 0 amide bonds. The van der Waals surface area contributed by atoms with Gasteiger partial charge in [0.15, 0.2) is 5.78 Å². The van der Waals surface area contributed by atoms with E-state index < -0.39 is 0 Å². The van der Waals surface area contributed by atoms with Crippen LogP contribution in [0.5, 0.6) is 0 Å². The number of carbonyl (C=O) groups excluding carboxylic acids is 1. The van der Waals surface area contributed by atoms with Crippen LogP contribution in [-0.4, -0.2) is 15.3 Å². The largest absolute Gasteiger partial charge is 0.331 e. The van der Waals surface area contributed by atoms with Crippen LogP contribution >= 0.6 is 0 Å². The van der Waals surface area contributed by atoms with Gasteiger partial charge in [-0.1, -0.05) is 31.6 Å². The first-order valence-corrected chi connectivity index (χ1v) is 7.07. The third-order valence-corrected chi connectivity index (χ3v) is 3.99. The molecule has 1 aromatic heterocycles. The van der Waals surface area contributed by atoms with Crippen LogP contribution in [0.2, 0.25) is 0 Å². The lowest BCUT2D eigenvalue weighted by molar-refractivity contribution is -0.117. The predicted molar refractivity (Wildman–Crippen MR) is 80.5 cm³/mol. The summed E-state index contributed by atoms with van der Waals surface area (Å²) in [5, 5.41) is 0. The van der Waals surface area contributed by atoms with E-state index in [2.05, 4.69) is 29.5 Å². The van der Waals surface area contributed by atoms with Crippen LogP contribution in [0.1, 0.15) is 32.5 Å². The molecule has 0 aliphatic heterocycles. The molecule has 0 N–H and O–H groups in total. The Labute approximate surface area is 119 Å². The van der Waals surface area contributed by atoms with Crippen molar-refractivity contribution in [2.24, 2.45) is 12.5 Å². The highest BCUT2D eigenvalue weighted by molar-refractivity contribution is 5.91. The van der Waals surface area contributed by atoms with Gasteiger partial charge in [0.1, 0.15) is 5.82 Å². The van der Waals surface area contributed by atoms with Crippen molar-refractivity contribution in [1.82, 2.24) is 9.55 Å². The maximum absolute atomic E-state index is 11.8. The Hall–Kier alpha value is -1.90. The second-order valence-corrected chi connectivity index (χ2v) is 6.54. The number of rotatable bonds is 2. The molecule has 20 heavy (non-hydrogen) atoms. The van der Waals surface area contributed by atoms with Gasteiger partial charge in [0, 0.05) is 19.9 Å². The van der Waals surface area contributed by atoms with Crippen LogP contribution in [0.4, 0.5) is 0 Å². The van der Waals surface area contributed by atoms with Crippen molar-refractivity contribution >= 4 is 16.8 Å². The van der Waals surface area contributed by atoms with Crippen molar-refractivity contribution in [2.75, 3.05) is 0 Å². The number of imidazole rings is 1. The van der Waals surface area contributed by atoms with Crippen LogP contribution in [0.15, 0.2) is 35.9 Å². The third kappa shape index (κ3) is 2.40. The number of hydrogen-bond acceptors (Lipinski definition) is 2. The summed E-state index contributed by atoms with van der Waals surface area (Å²) >= 11 is 0. The van der Waals surface area contributed by atoms with Crippen molar-refractivity contribution in [2.45, 2.75) is 33.1 Å². The van der Waals surface area contributed by atoms with E-state index in [4.69, 9.17) is 0 Å². The van der Waals surface area contributed by atoms with Gasteiger partial charge in [-0.3, -0.25) is 4.79 Å². The highest BCUT2D eigenvalue weighted by Crippen LogP contribution is 2.35. The molecule has 0 atom stereocenters. The van der Waals surface area contributed by atoms with E-state index >= 15 is 0 Å². The van der Waals surface area contributed by atoms with Gasteiger partial charge in [-0.15, -0.1) is 0 Å². The molecular weight excluding hydrogens is 248 g/mol. The van der Waals surface area contributed by atoms with Crippen LogP contribution in [-0.2, 0) is 18.3 Å². The molecule has 0 radical (unpaired) electrons. The quantitative estimate of drug-likeness (QED) is 0.836. The van der Waals surface area contributed by atoms with Gasteiger partial charge in [-0.25, -0.2) is 4.98 Å². The normalized spacial score (nSPS) is 18.4. The summed E-state index contributed by atoms with van der Waals surface area (Å²) in [4.78, 5) is 16.5. The predicted octanol–water partition coefficient (Wildman–Crippen LogP) is 3.43. The van der Waals surface area contributed by atoms with E-state index in [1.54, 1.807) is 0 Å². The lowest BCUT2D eigenvalue weighted by Gasteiger charge is -2.28. The molecule has 2 aromatic rings. The summed E-state index contributed by atoms with van der Waals surface area (Å²) in [6.07, 6.45) is 4.21. The highest BCUT2D eigenvalue weighted by Gasteiger charge is 2.27. The van der Waals surface area contributed by atoms with Gasteiger partial charge < -0.3 is 4.57 Å². The van der Waals surface area contributed by atoms with Gasteiger partial charge in [0.2, 0.25) is 0 Å². The number of benzene rings is 1. The molecule has 3 nitrogen and oxygen atoms in total. The summed E-state index contributed by atoms with van der Waals surface area (Å²) in [7, 11) is 2.04. The fourth-order valence-corrected chi connectivity index (χ4v) is 3.15. The van der Waals surface area contributed by atoms with Crippen molar-refractivity contribution < 1.29 is 4.79 Å². The van der Waals surface area contributed by atoms with Crippen LogP contribution in [0.25, 0.3) is 11.0 Å². The number of para-hydroxylation sites is 2. The Morgan fingerprint density at radius 1 is 1.25 bits per heavy atom. The minimum absolute atomic E-state index is 0.0752. The topological polar surface area (TPSA) is 34.9 Å². The average molecular weight is 268 g/mol. The molecule has 3 rings (SSSR count). The highest BCUT2D eigenvalue weighted by atomic mass is 16.1. The molecule has 104 valence electrons. The van der Waals surface area contributed by atoms with Crippen molar-refractivity contribution in [1.29, 1.82) is 0 Å². The standard InChI is InChI=1S/C17H20N2O/c1-17(2)10-12(8-13(20)11-17)9-16-18-14-6-4-5-7-15(14)19(16)3/h4-8H,9-11H2,1-3H3. The Bertz CT molecular complexity index is 707. The van der Waals surface area contributed by atoms with E-state index in [0.29, 0.717) is 6.42 Å². The lowest BCUT2D eigenvalue weighted by Crippen LogP contribution is -2.22. The maximum Gasteiger partial charge on any atom is 0.156 e. The average Bonchev–Trinajstić information content (AvgIpc) is 2.64. The number of fused-ring (bicyclic) bond motifs is 1. The zero-order chi connectivity index (χ0) is 14.3. The molecular formula is C17H20N2O. The molecule has 0 bridgehead atoms. The second-order valence-electron chi connectivity index (χ2n) is 6.54. The number of carbonyl (C=O) groups is 1. The van der Waals surface area contributed by atoms with Gasteiger partial charge >= 0.3 is 0 Å². The van der Waals surface area contributed by atoms with E-state index in [1.807, 2.05) is 31.3 Å². The Balaban J connectivity index is 1.94. The minimum atomic E-state index is 0.0752. The third-order valence-electron chi connectivity index (χ3n) is 3.99. The molecule has 0 spiro atoms. The molecule has 1 aromatic carbocycles. The summed E-state index contributed by atoms with van der Waals surface area (Å²) in [6.45, 7) is 4.32. The van der Waals surface area contributed by atoms with E-state index in [0.717, 1.165) is 29.7 Å². The number of hydrogen-bond donors (Lipinski definition) is 0. The molecule has 1 aliphatic rings. The molecule has 0 unspecified atom stereocenters. The maximum atomic E-state index is 11.8. The molecule has 0 fully saturated rings. The summed E-state index contributed by atoms with van der Waals surface area (Å²) in [5.74, 6) is 1.28. The van der Waals surface area contributed by atoms with E-state index in [-0.39, 0.29) is 11.2 Å². The van der Waals surface area contributed by atoms with Crippen LogP contribution in [0.3, 0.4) is 0 Å². The fourth-order valence-electron chi connectivity index (χ4n) is 3.15. The van der Waals surface area contributed by atoms with Gasteiger partial charge in [-0.2, -0.15) is 0 Å². The first kappa shape index (κ1) is 13.1. The number of aryl methyl sites for hydroxylation is 1. The Kier molecular flexibility index (Phi) is 3.00. The number of nitrogens with zero attached hydrogens (tertiary/aromatic N) is 2. The Morgan fingerprint density at radius 2 is 2.00 bits per heavy atom. The Morgan fingerprint density at radius 3 is 2.70 bits per heavy atom. The van der Waals surface area contributed by atoms with Crippen LogP contribution < -0.4 is 0 Å². The van der Waals surface area contributed by atoms with Crippen molar-refractivity contribution in [3.63, 3.8) is 0 Å². The smallest absolute Gasteiger partial charge is 0.156 e. The second kappa shape index (κ2) is 4.58. The van der Waals surface area contributed by atoms with Gasteiger partial charge in [0.25, 0.3) is 0 Å². The van der Waals surface area contributed by atoms with Gasteiger partial charge in [-0.05, 0) is 30.0 Å². The summed E-state index contributed by atoms with van der Waals surface area (Å²) in [5.41, 5.74) is 3.44. The zero-order valence-corrected chi connectivity index (χ0v) is 12.3. The lowest BCUT2D eigenvalue weighted by atomic mass is 9.76. The van der Waals surface area contributed by atoms with Crippen molar-refractivity contribution in [3.05, 3.63) is 41.7 Å². The minimum Gasteiger partial charge on any atom is -0.331 e. The SMILES string of the molecule is Cn1c(CC2=CC(=O)CC(C)(C)C2)nc2ccccc21. The van der Waals surface area contributed by atoms with E-state index in [9.17, 15) is 4.79 Å². The summed E-state index contributed by atoms with van der Waals surface area (Å²) < 4.78 is 2.13. The van der Waals surface area contributed by atoms with Gasteiger partial charge in [0.05, 0.1) is 11.0 Å².